The molecule has 1 amide bonds. The van der Waals surface area contributed by atoms with Crippen LogP contribution in [0.25, 0.3) is 0 Å². The number of rotatable bonds is 4. The lowest BCUT2D eigenvalue weighted by atomic mass is 10.1. The van der Waals surface area contributed by atoms with Gasteiger partial charge in [-0.05, 0) is 12.1 Å². The number of anilines is 1. The molecule has 0 fully saturated rings. The van der Waals surface area contributed by atoms with Gasteiger partial charge in [-0.25, -0.2) is 0 Å². The van der Waals surface area contributed by atoms with Crippen molar-refractivity contribution < 1.29 is 9.72 Å². The molecule has 0 aliphatic heterocycles. The fourth-order valence-corrected chi connectivity index (χ4v) is 1.46. The van der Waals surface area contributed by atoms with Crippen LogP contribution in [0.2, 0.25) is 0 Å². The van der Waals surface area contributed by atoms with E-state index in [0.717, 1.165) is 0 Å². The van der Waals surface area contributed by atoms with Gasteiger partial charge in [0.15, 0.2) is 0 Å². The van der Waals surface area contributed by atoms with Crippen LogP contribution in [0.4, 0.5) is 11.4 Å². The second-order valence-electron chi connectivity index (χ2n) is 3.64. The van der Waals surface area contributed by atoms with Crippen molar-refractivity contribution >= 4 is 17.3 Å². The van der Waals surface area contributed by atoms with Crippen LogP contribution in [-0.4, -0.2) is 29.3 Å². The Morgan fingerprint density at radius 2 is 2.28 bits per heavy atom. The molecule has 0 spiro atoms. The Bertz CT molecular complexity index is 522. The molecule has 94 valence electrons. The van der Waals surface area contributed by atoms with Crippen molar-refractivity contribution in [3.8, 4) is 6.07 Å². The number of carbonyl (C=O) groups is 1. The van der Waals surface area contributed by atoms with E-state index in [1.807, 2.05) is 6.07 Å². The number of nitrogens with two attached hydrogens (primary N) is 1. The second kappa shape index (κ2) is 5.63. The minimum Gasteiger partial charge on any atom is -0.393 e. The van der Waals surface area contributed by atoms with Gasteiger partial charge in [0.05, 0.1) is 17.4 Å². The molecule has 1 aromatic carbocycles. The molecule has 18 heavy (non-hydrogen) atoms. The molecule has 0 heterocycles. The summed E-state index contributed by atoms with van der Waals surface area (Å²) < 4.78 is 0. The Morgan fingerprint density at radius 3 is 2.83 bits per heavy atom. The van der Waals surface area contributed by atoms with Crippen molar-refractivity contribution in [1.82, 2.24) is 4.90 Å². The smallest absolute Gasteiger partial charge is 0.304 e. The Labute approximate surface area is 104 Å². The highest BCUT2D eigenvalue weighted by Gasteiger charge is 2.25. The molecule has 7 nitrogen and oxygen atoms in total. The molecule has 0 atom stereocenters. The van der Waals surface area contributed by atoms with Crippen molar-refractivity contribution in [2.24, 2.45) is 0 Å². The van der Waals surface area contributed by atoms with Crippen molar-refractivity contribution in [3.63, 3.8) is 0 Å². The van der Waals surface area contributed by atoms with Crippen LogP contribution in [0.15, 0.2) is 18.2 Å². The van der Waals surface area contributed by atoms with Crippen LogP contribution in [-0.2, 0) is 0 Å². The molecule has 7 heteroatoms. The fourth-order valence-electron chi connectivity index (χ4n) is 1.46. The van der Waals surface area contributed by atoms with Crippen LogP contribution in [0.1, 0.15) is 16.8 Å². The number of nitro benzene ring substituents is 1. The molecule has 1 rings (SSSR count). The highest BCUT2D eigenvalue weighted by atomic mass is 16.6. The summed E-state index contributed by atoms with van der Waals surface area (Å²) in [5.74, 6) is -0.524. The first-order chi connectivity index (χ1) is 8.49. The quantitative estimate of drug-likeness (QED) is 0.488. The second-order valence-corrected chi connectivity index (χ2v) is 3.64. The Balaban J connectivity index is 3.10. The van der Waals surface area contributed by atoms with Crippen molar-refractivity contribution in [2.75, 3.05) is 19.3 Å². The zero-order chi connectivity index (χ0) is 13.7. The number of nitriles is 1. The molecule has 1 aromatic rings. The van der Waals surface area contributed by atoms with Gasteiger partial charge in [0.25, 0.3) is 5.91 Å². The lowest BCUT2D eigenvalue weighted by Gasteiger charge is -2.15. The van der Waals surface area contributed by atoms with Crippen LogP contribution >= 0.6 is 0 Å². The number of nitrogens with zero attached hydrogens (tertiary/aromatic N) is 3. The van der Waals surface area contributed by atoms with Crippen LogP contribution < -0.4 is 5.73 Å². The van der Waals surface area contributed by atoms with Gasteiger partial charge in [-0.15, -0.1) is 0 Å². The maximum absolute atomic E-state index is 12.0. The molecule has 0 aliphatic carbocycles. The number of para-hydroxylation sites is 1. The van der Waals surface area contributed by atoms with E-state index in [0.29, 0.717) is 0 Å². The van der Waals surface area contributed by atoms with Crippen molar-refractivity contribution in [3.05, 3.63) is 33.9 Å². The first-order valence-electron chi connectivity index (χ1n) is 5.14. The number of nitro groups is 1. The van der Waals surface area contributed by atoms with Crippen LogP contribution in [0, 0.1) is 21.4 Å². The normalized spacial score (nSPS) is 9.56. The van der Waals surface area contributed by atoms with Gasteiger partial charge in [-0.1, -0.05) is 6.07 Å². The number of hydrogen-bond acceptors (Lipinski definition) is 5. The predicted molar refractivity (Wildman–Crippen MR) is 64.7 cm³/mol. The Hall–Kier alpha value is -2.62. The molecule has 0 aromatic heterocycles. The average molecular weight is 248 g/mol. The molecule has 0 saturated carbocycles. The van der Waals surface area contributed by atoms with Crippen LogP contribution in [0.5, 0.6) is 0 Å². The van der Waals surface area contributed by atoms with Gasteiger partial charge in [-0.3, -0.25) is 14.9 Å². The monoisotopic (exact) mass is 248 g/mol. The van der Waals surface area contributed by atoms with E-state index in [-0.39, 0.29) is 24.2 Å². The lowest BCUT2D eigenvalue weighted by Crippen LogP contribution is -2.28. The first-order valence-corrected chi connectivity index (χ1v) is 5.14. The minimum absolute atomic E-state index is 0.0560. The molecule has 0 bridgehead atoms. The molecule has 2 N–H and O–H groups in total. The summed E-state index contributed by atoms with van der Waals surface area (Å²) in [4.78, 5) is 23.4. The van der Waals surface area contributed by atoms with Gasteiger partial charge >= 0.3 is 5.69 Å². The van der Waals surface area contributed by atoms with Crippen LogP contribution in [0.3, 0.4) is 0 Å². The van der Waals surface area contributed by atoms with Gasteiger partial charge in [-0.2, -0.15) is 5.26 Å². The highest BCUT2D eigenvalue weighted by molar-refractivity contribution is 6.00. The molecule has 0 aliphatic rings. The zero-order valence-corrected chi connectivity index (χ0v) is 9.79. The largest absolute Gasteiger partial charge is 0.393 e. The summed E-state index contributed by atoms with van der Waals surface area (Å²) in [6.45, 7) is 0.210. The van der Waals surface area contributed by atoms with Crippen molar-refractivity contribution in [2.45, 2.75) is 6.42 Å². The van der Waals surface area contributed by atoms with Gasteiger partial charge in [0.2, 0.25) is 0 Å². The topological polar surface area (TPSA) is 113 Å². The SMILES string of the molecule is CN(CCC#N)C(=O)c1cccc(N)c1[N+](=O)[O-]. The summed E-state index contributed by atoms with van der Waals surface area (Å²) >= 11 is 0. The minimum atomic E-state index is -0.680. The van der Waals surface area contributed by atoms with E-state index in [4.69, 9.17) is 11.0 Å². The molecule has 0 saturated heterocycles. The Morgan fingerprint density at radius 1 is 1.61 bits per heavy atom. The Kier molecular flexibility index (Phi) is 4.21. The number of benzene rings is 1. The van der Waals surface area contributed by atoms with E-state index in [1.54, 1.807) is 0 Å². The summed E-state index contributed by atoms with van der Waals surface area (Å²) in [5.41, 5.74) is 4.97. The highest BCUT2D eigenvalue weighted by Crippen LogP contribution is 2.26. The van der Waals surface area contributed by atoms with E-state index in [2.05, 4.69) is 0 Å². The zero-order valence-electron chi connectivity index (χ0n) is 9.79. The number of nitrogen functional groups attached to an aromatic ring is 1. The molecule has 0 radical (unpaired) electrons. The maximum atomic E-state index is 12.0. The number of carbonyl (C=O) groups excluding carboxylic acids is 1. The van der Waals surface area contributed by atoms with E-state index in [1.165, 1.54) is 30.1 Å². The van der Waals surface area contributed by atoms with E-state index < -0.39 is 16.5 Å². The van der Waals surface area contributed by atoms with E-state index >= 15 is 0 Å². The predicted octanol–water partition coefficient (Wildman–Crippen LogP) is 1.16. The number of amides is 1. The summed E-state index contributed by atoms with van der Waals surface area (Å²) in [6, 6.07) is 6.09. The standard InChI is InChI=1S/C11H12N4O3/c1-14(7-3-6-12)11(16)8-4-2-5-9(13)10(8)15(17)18/h2,4-5H,3,7,13H2,1H3. The third-order valence-corrected chi connectivity index (χ3v) is 2.39. The van der Waals surface area contributed by atoms with E-state index in [9.17, 15) is 14.9 Å². The van der Waals surface area contributed by atoms with Crippen molar-refractivity contribution in [1.29, 1.82) is 5.26 Å². The third kappa shape index (κ3) is 2.74. The lowest BCUT2D eigenvalue weighted by molar-refractivity contribution is -0.384. The number of hydrogen-bond donors (Lipinski definition) is 1. The van der Waals surface area contributed by atoms with Gasteiger partial charge in [0, 0.05) is 13.6 Å². The molecular formula is C11H12N4O3. The maximum Gasteiger partial charge on any atom is 0.304 e. The first kappa shape index (κ1) is 13.4. The summed E-state index contributed by atoms with van der Waals surface area (Å²) in [5, 5.41) is 19.3. The summed E-state index contributed by atoms with van der Waals surface area (Å²) in [7, 11) is 1.48. The molecule has 0 unspecified atom stereocenters. The van der Waals surface area contributed by atoms with Gasteiger partial charge < -0.3 is 10.6 Å². The fraction of sp³-hybridized carbons (Fsp3) is 0.273. The average Bonchev–Trinajstić information content (AvgIpc) is 2.34. The summed E-state index contributed by atoms with van der Waals surface area (Å²) in [6.07, 6.45) is 0.165. The third-order valence-electron chi connectivity index (χ3n) is 2.39. The van der Waals surface area contributed by atoms with Gasteiger partial charge in [0.1, 0.15) is 11.3 Å². The molecular weight excluding hydrogens is 236 g/mol.